The van der Waals surface area contributed by atoms with Crippen molar-refractivity contribution >= 4 is 22.7 Å². The van der Waals surface area contributed by atoms with Crippen LogP contribution >= 0.6 is 0 Å². The van der Waals surface area contributed by atoms with Crippen LogP contribution in [0.3, 0.4) is 0 Å². The van der Waals surface area contributed by atoms with E-state index in [0.717, 1.165) is 18.8 Å². The Labute approximate surface area is 142 Å². The van der Waals surface area contributed by atoms with Crippen molar-refractivity contribution in [1.29, 1.82) is 0 Å². The highest BCUT2D eigenvalue weighted by molar-refractivity contribution is 5.88. The van der Waals surface area contributed by atoms with Crippen LogP contribution in [0.1, 0.15) is 36.2 Å². The van der Waals surface area contributed by atoms with Gasteiger partial charge in [0.25, 0.3) is 0 Å². The number of aromatic amines is 1. The van der Waals surface area contributed by atoms with Crippen molar-refractivity contribution in [1.82, 2.24) is 15.0 Å². The van der Waals surface area contributed by atoms with Gasteiger partial charge in [-0.3, -0.25) is 0 Å². The zero-order valence-corrected chi connectivity index (χ0v) is 14.8. The molecule has 0 atom stereocenters. The first-order valence-corrected chi connectivity index (χ1v) is 8.53. The molecule has 3 rings (SSSR count). The van der Waals surface area contributed by atoms with Crippen molar-refractivity contribution in [3.63, 3.8) is 0 Å². The molecular formula is C19H25N5. The quantitative estimate of drug-likeness (QED) is 0.636. The largest absolute Gasteiger partial charge is 0.370 e. The highest BCUT2D eigenvalue weighted by Gasteiger charge is 2.11. The second-order valence-electron chi connectivity index (χ2n) is 6.08. The number of rotatable bonds is 6. The topological polar surface area (TPSA) is 65.6 Å². The molecule has 0 fully saturated rings. The monoisotopic (exact) mass is 323 g/mol. The van der Waals surface area contributed by atoms with Crippen molar-refractivity contribution in [3.8, 4) is 0 Å². The van der Waals surface area contributed by atoms with Crippen LogP contribution in [0.15, 0.2) is 24.4 Å². The molecule has 3 aromatic rings. The summed E-state index contributed by atoms with van der Waals surface area (Å²) in [7, 11) is 0. The number of nitrogens with one attached hydrogen (secondary N) is 3. The minimum Gasteiger partial charge on any atom is -0.370 e. The molecule has 0 amide bonds. The maximum atomic E-state index is 4.48. The number of anilines is 2. The summed E-state index contributed by atoms with van der Waals surface area (Å²) in [6.45, 7) is 10.1. The molecule has 0 radical (unpaired) electrons. The van der Waals surface area contributed by atoms with Crippen LogP contribution in [-0.2, 0) is 13.0 Å². The molecule has 3 N–H and O–H groups in total. The predicted octanol–water partition coefficient (Wildman–Crippen LogP) is 4.18. The first-order valence-electron chi connectivity index (χ1n) is 8.53. The molecule has 1 aromatic carbocycles. The van der Waals surface area contributed by atoms with Crippen LogP contribution in [0.2, 0.25) is 0 Å². The van der Waals surface area contributed by atoms with Crippen LogP contribution in [0.5, 0.6) is 0 Å². The third kappa shape index (κ3) is 3.20. The van der Waals surface area contributed by atoms with Gasteiger partial charge in [0.15, 0.2) is 0 Å². The van der Waals surface area contributed by atoms with E-state index < -0.39 is 0 Å². The van der Waals surface area contributed by atoms with Gasteiger partial charge in [0.2, 0.25) is 5.95 Å². The second-order valence-corrected chi connectivity index (χ2v) is 6.08. The molecule has 2 heterocycles. The molecule has 0 unspecified atom stereocenters. The van der Waals surface area contributed by atoms with E-state index in [1.807, 2.05) is 6.07 Å². The Kier molecular flexibility index (Phi) is 4.69. The van der Waals surface area contributed by atoms with Gasteiger partial charge in [0, 0.05) is 30.4 Å². The van der Waals surface area contributed by atoms with E-state index in [4.69, 9.17) is 0 Å². The van der Waals surface area contributed by atoms with E-state index in [-0.39, 0.29) is 0 Å². The number of nitrogens with zero attached hydrogens (tertiary/aromatic N) is 2. The first-order chi connectivity index (χ1) is 11.6. The molecule has 0 saturated carbocycles. The fourth-order valence-electron chi connectivity index (χ4n) is 3.10. The van der Waals surface area contributed by atoms with Crippen molar-refractivity contribution in [3.05, 3.63) is 46.8 Å². The molecule has 5 nitrogen and oxygen atoms in total. The predicted molar refractivity (Wildman–Crippen MR) is 101 cm³/mol. The Balaban J connectivity index is 1.88. The summed E-state index contributed by atoms with van der Waals surface area (Å²) in [6, 6.07) is 6.35. The van der Waals surface area contributed by atoms with Gasteiger partial charge in [-0.05, 0) is 50.5 Å². The number of hydrogen-bond acceptors (Lipinski definition) is 4. The van der Waals surface area contributed by atoms with E-state index in [1.165, 1.54) is 33.3 Å². The molecular weight excluding hydrogens is 298 g/mol. The smallest absolute Gasteiger partial charge is 0.224 e. The van der Waals surface area contributed by atoms with E-state index in [9.17, 15) is 0 Å². The van der Waals surface area contributed by atoms with E-state index in [1.54, 1.807) is 6.20 Å². The van der Waals surface area contributed by atoms with Gasteiger partial charge < -0.3 is 15.6 Å². The summed E-state index contributed by atoms with van der Waals surface area (Å²) in [5.74, 6) is 1.48. The second kappa shape index (κ2) is 6.91. The van der Waals surface area contributed by atoms with Gasteiger partial charge in [-0.1, -0.05) is 18.6 Å². The molecule has 0 saturated heterocycles. The summed E-state index contributed by atoms with van der Waals surface area (Å²) in [5.41, 5.74) is 6.38. The number of H-pyrrole nitrogens is 1. The fraction of sp³-hybridized carbons (Fsp3) is 0.368. The Morgan fingerprint density at radius 2 is 1.96 bits per heavy atom. The lowest BCUT2D eigenvalue weighted by Crippen LogP contribution is -2.07. The summed E-state index contributed by atoms with van der Waals surface area (Å²) >= 11 is 0. The van der Waals surface area contributed by atoms with Gasteiger partial charge >= 0.3 is 0 Å². The van der Waals surface area contributed by atoms with Crippen molar-refractivity contribution < 1.29 is 0 Å². The summed E-state index contributed by atoms with van der Waals surface area (Å²) < 4.78 is 0. The Bertz CT molecular complexity index is 850. The van der Waals surface area contributed by atoms with Gasteiger partial charge in [-0.15, -0.1) is 0 Å². The minimum atomic E-state index is 0.641. The number of aryl methyl sites for hydroxylation is 3. The lowest BCUT2D eigenvalue weighted by atomic mass is 10.0. The van der Waals surface area contributed by atoms with E-state index in [2.05, 4.69) is 65.4 Å². The van der Waals surface area contributed by atoms with Crippen molar-refractivity contribution in [2.75, 3.05) is 17.2 Å². The van der Waals surface area contributed by atoms with Crippen LogP contribution < -0.4 is 10.6 Å². The Morgan fingerprint density at radius 1 is 1.12 bits per heavy atom. The van der Waals surface area contributed by atoms with Gasteiger partial charge in [0.05, 0.1) is 5.52 Å². The fourth-order valence-corrected chi connectivity index (χ4v) is 3.10. The number of fused-ring (bicyclic) bond motifs is 1. The van der Waals surface area contributed by atoms with Gasteiger partial charge in [-0.25, -0.2) is 4.98 Å². The van der Waals surface area contributed by atoms with Gasteiger partial charge in [-0.2, -0.15) is 4.98 Å². The van der Waals surface area contributed by atoms with Crippen LogP contribution in [0, 0.1) is 13.8 Å². The molecule has 0 aliphatic heterocycles. The average molecular weight is 323 g/mol. The number of benzene rings is 1. The minimum absolute atomic E-state index is 0.641. The number of aromatic nitrogens is 3. The molecule has 126 valence electrons. The molecule has 5 heteroatoms. The lowest BCUT2D eigenvalue weighted by Gasteiger charge is -2.09. The maximum Gasteiger partial charge on any atom is 0.224 e. The summed E-state index contributed by atoms with van der Waals surface area (Å²) in [5, 5.41) is 7.86. The standard InChI is InChI=1S/C19H25N5/c1-5-16-13(4)15-10-12(3)9-14(18(15)23-16)11-22-19-21-8-7-17(24-19)20-6-2/h7-10,23H,5-6,11H2,1-4H3,(H2,20,21,22,24). The molecule has 2 aromatic heterocycles. The normalized spacial score (nSPS) is 11.0. The molecule has 24 heavy (non-hydrogen) atoms. The summed E-state index contributed by atoms with van der Waals surface area (Å²) in [6.07, 6.45) is 2.79. The highest BCUT2D eigenvalue weighted by atomic mass is 15.1. The van der Waals surface area contributed by atoms with E-state index in [0.29, 0.717) is 12.5 Å². The zero-order valence-electron chi connectivity index (χ0n) is 14.8. The Morgan fingerprint density at radius 3 is 2.71 bits per heavy atom. The third-order valence-corrected chi connectivity index (χ3v) is 4.30. The van der Waals surface area contributed by atoms with E-state index >= 15 is 0 Å². The van der Waals surface area contributed by atoms with Crippen LogP contribution in [0.4, 0.5) is 11.8 Å². The molecule has 0 spiro atoms. The maximum absolute atomic E-state index is 4.48. The highest BCUT2D eigenvalue weighted by Crippen LogP contribution is 2.27. The molecule has 0 aliphatic rings. The van der Waals surface area contributed by atoms with Crippen LogP contribution in [0.25, 0.3) is 10.9 Å². The Hall–Kier alpha value is -2.56. The molecule has 0 aliphatic carbocycles. The number of hydrogen-bond donors (Lipinski definition) is 3. The SMILES string of the molecule is CCNc1ccnc(NCc2cc(C)cc3c(C)c(CC)[nH]c23)n1. The molecule has 0 bridgehead atoms. The summed E-state index contributed by atoms with van der Waals surface area (Å²) in [4.78, 5) is 12.4. The lowest BCUT2D eigenvalue weighted by molar-refractivity contribution is 1.03. The third-order valence-electron chi connectivity index (χ3n) is 4.30. The van der Waals surface area contributed by atoms with Crippen molar-refractivity contribution in [2.24, 2.45) is 0 Å². The van der Waals surface area contributed by atoms with Gasteiger partial charge in [0.1, 0.15) is 5.82 Å². The average Bonchev–Trinajstić information content (AvgIpc) is 2.90. The zero-order chi connectivity index (χ0) is 17.1. The first kappa shape index (κ1) is 16.3. The van der Waals surface area contributed by atoms with Crippen molar-refractivity contribution in [2.45, 2.75) is 40.7 Å². The van der Waals surface area contributed by atoms with Crippen LogP contribution in [-0.4, -0.2) is 21.5 Å².